The zero-order valence-electron chi connectivity index (χ0n) is 13.2. The summed E-state index contributed by atoms with van der Waals surface area (Å²) in [6.45, 7) is 11.8. The van der Waals surface area contributed by atoms with E-state index in [0.29, 0.717) is 6.54 Å². The molecule has 112 valence electrons. The van der Waals surface area contributed by atoms with Crippen LogP contribution < -0.4 is 11.1 Å². The molecular weight excluding hydrogens is 254 g/mol. The van der Waals surface area contributed by atoms with E-state index in [0.717, 1.165) is 22.6 Å². The van der Waals surface area contributed by atoms with E-state index in [1.165, 1.54) is 0 Å². The van der Waals surface area contributed by atoms with Gasteiger partial charge in [-0.3, -0.25) is 4.98 Å². The number of anilines is 1. The van der Waals surface area contributed by atoms with Gasteiger partial charge in [0.1, 0.15) is 5.60 Å². The highest BCUT2D eigenvalue weighted by atomic mass is 16.6. The van der Waals surface area contributed by atoms with Gasteiger partial charge in [-0.1, -0.05) is 13.8 Å². The lowest BCUT2D eigenvalue weighted by Gasteiger charge is -2.20. The molecule has 3 N–H and O–H groups in total. The molecule has 1 aromatic rings. The number of nitrogen functional groups attached to an aromatic ring is 1. The number of nitrogens with zero attached hydrogens (tertiary/aromatic N) is 1. The van der Waals surface area contributed by atoms with Crippen LogP contribution in [0.5, 0.6) is 0 Å². The summed E-state index contributed by atoms with van der Waals surface area (Å²) in [5.41, 5.74) is 8.86. The lowest BCUT2D eigenvalue weighted by Crippen LogP contribution is -2.32. The summed E-state index contributed by atoms with van der Waals surface area (Å²) >= 11 is 0. The first-order valence-corrected chi connectivity index (χ1v) is 6.83. The van der Waals surface area contributed by atoms with Crippen LogP contribution in [0, 0.1) is 6.92 Å². The Balaban J connectivity index is 2.77. The monoisotopic (exact) mass is 279 g/mol. The topological polar surface area (TPSA) is 77.2 Å². The first-order chi connectivity index (χ1) is 9.10. The van der Waals surface area contributed by atoms with Gasteiger partial charge in [0, 0.05) is 0 Å². The van der Waals surface area contributed by atoms with Crippen LogP contribution in [0.4, 0.5) is 10.5 Å². The van der Waals surface area contributed by atoms with Crippen molar-refractivity contribution in [1.82, 2.24) is 10.3 Å². The standard InChI is InChI=1S/C15H25N3O2/c1-9(2)13-12(16)10(3)7-11(18-13)8-17-14(19)20-15(4,5)6/h7,9H,8,16H2,1-6H3,(H,17,19). The molecule has 0 unspecified atom stereocenters. The molecule has 0 aliphatic heterocycles. The number of carbonyl (C=O) groups excluding carboxylic acids is 1. The zero-order chi connectivity index (χ0) is 15.5. The fraction of sp³-hybridized carbons (Fsp3) is 0.600. The molecule has 1 heterocycles. The zero-order valence-corrected chi connectivity index (χ0v) is 13.2. The van der Waals surface area contributed by atoms with E-state index in [1.54, 1.807) is 0 Å². The molecule has 0 atom stereocenters. The number of nitrogens with two attached hydrogens (primary N) is 1. The molecule has 0 saturated carbocycles. The molecule has 0 aromatic carbocycles. The maximum Gasteiger partial charge on any atom is 0.407 e. The number of aromatic nitrogens is 1. The summed E-state index contributed by atoms with van der Waals surface area (Å²) in [7, 11) is 0. The number of alkyl carbamates (subject to hydrolysis) is 1. The second-order valence-corrected chi connectivity index (χ2v) is 6.24. The van der Waals surface area contributed by atoms with Gasteiger partial charge in [0.15, 0.2) is 0 Å². The van der Waals surface area contributed by atoms with Crippen LogP contribution in [-0.2, 0) is 11.3 Å². The van der Waals surface area contributed by atoms with Crippen LogP contribution >= 0.6 is 0 Å². The molecule has 1 rings (SSSR count). The molecule has 20 heavy (non-hydrogen) atoms. The Labute approximate surface area is 120 Å². The minimum absolute atomic E-state index is 0.246. The molecule has 0 aliphatic rings. The highest BCUT2D eigenvalue weighted by Gasteiger charge is 2.16. The van der Waals surface area contributed by atoms with Crippen molar-refractivity contribution in [3.63, 3.8) is 0 Å². The van der Waals surface area contributed by atoms with Crippen molar-refractivity contribution in [2.45, 2.75) is 59.6 Å². The molecule has 5 heteroatoms. The third-order valence-electron chi connectivity index (χ3n) is 2.71. The molecule has 0 bridgehead atoms. The Kier molecular flexibility index (Phi) is 4.98. The third-order valence-corrected chi connectivity index (χ3v) is 2.71. The predicted molar refractivity (Wildman–Crippen MR) is 80.5 cm³/mol. The number of nitrogens with one attached hydrogen (secondary N) is 1. The van der Waals surface area contributed by atoms with Gasteiger partial charge < -0.3 is 15.8 Å². The molecule has 0 fully saturated rings. The van der Waals surface area contributed by atoms with E-state index in [9.17, 15) is 4.79 Å². The van der Waals surface area contributed by atoms with Crippen molar-refractivity contribution < 1.29 is 9.53 Å². The number of ether oxygens (including phenoxy) is 1. The minimum Gasteiger partial charge on any atom is -0.444 e. The molecular formula is C15H25N3O2. The number of rotatable bonds is 3. The molecule has 0 radical (unpaired) electrons. The first kappa shape index (κ1) is 16.3. The predicted octanol–water partition coefficient (Wildman–Crippen LogP) is 3.12. The van der Waals surface area contributed by atoms with Gasteiger partial charge in [-0.05, 0) is 45.2 Å². The van der Waals surface area contributed by atoms with Gasteiger partial charge in [-0.15, -0.1) is 0 Å². The van der Waals surface area contributed by atoms with Crippen LogP contribution in [-0.4, -0.2) is 16.7 Å². The van der Waals surface area contributed by atoms with Gasteiger partial charge in [0.25, 0.3) is 0 Å². The fourth-order valence-electron chi connectivity index (χ4n) is 1.78. The number of hydrogen-bond donors (Lipinski definition) is 2. The molecule has 1 amide bonds. The van der Waals surface area contributed by atoms with Crippen LogP contribution in [0.3, 0.4) is 0 Å². The Morgan fingerprint density at radius 1 is 1.45 bits per heavy atom. The summed E-state index contributed by atoms with van der Waals surface area (Å²) in [5, 5.41) is 2.70. The molecule has 0 spiro atoms. The smallest absolute Gasteiger partial charge is 0.407 e. The largest absolute Gasteiger partial charge is 0.444 e. The second-order valence-electron chi connectivity index (χ2n) is 6.24. The number of aryl methyl sites for hydroxylation is 1. The second kappa shape index (κ2) is 6.11. The maximum absolute atomic E-state index is 11.6. The highest BCUT2D eigenvalue weighted by molar-refractivity contribution is 5.67. The Hall–Kier alpha value is -1.78. The van der Waals surface area contributed by atoms with E-state index >= 15 is 0 Å². The lowest BCUT2D eigenvalue weighted by molar-refractivity contribution is 0.0523. The summed E-state index contributed by atoms with van der Waals surface area (Å²) in [6.07, 6.45) is -0.445. The summed E-state index contributed by atoms with van der Waals surface area (Å²) < 4.78 is 5.19. The molecule has 5 nitrogen and oxygen atoms in total. The SMILES string of the molecule is Cc1cc(CNC(=O)OC(C)(C)C)nc(C(C)C)c1N. The summed E-state index contributed by atoms with van der Waals surface area (Å²) in [5.74, 6) is 0.246. The quantitative estimate of drug-likeness (QED) is 0.891. The molecule has 1 aromatic heterocycles. The number of pyridine rings is 1. The summed E-state index contributed by atoms with van der Waals surface area (Å²) in [4.78, 5) is 16.1. The van der Waals surface area contributed by atoms with Crippen molar-refractivity contribution in [1.29, 1.82) is 0 Å². The lowest BCUT2D eigenvalue weighted by atomic mass is 10.0. The Morgan fingerprint density at radius 2 is 2.05 bits per heavy atom. The van der Waals surface area contributed by atoms with Gasteiger partial charge in [0.2, 0.25) is 0 Å². The normalized spacial score (nSPS) is 11.6. The Bertz CT molecular complexity index is 491. The van der Waals surface area contributed by atoms with Gasteiger partial charge >= 0.3 is 6.09 Å². The van der Waals surface area contributed by atoms with Crippen molar-refractivity contribution in [3.05, 3.63) is 23.0 Å². The Morgan fingerprint density at radius 3 is 2.55 bits per heavy atom. The van der Waals surface area contributed by atoms with Gasteiger partial charge in [0.05, 0.1) is 23.6 Å². The van der Waals surface area contributed by atoms with Gasteiger partial charge in [-0.25, -0.2) is 4.79 Å². The first-order valence-electron chi connectivity index (χ1n) is 6.83. The van der Waals surface area contributed by atoms with Crippen LogP contribution in [0.15, 0.2) is 6.07 Å². The number of carbonyl (C=O) groups is 1. The molecule has 0 aliphatic carbocycles. The van der Waals surface area contributed by atoms with E-state index in [2.05, 4.69) is 10.3 Å². The fourth-order valence-corrected chi connectivity index (χ4v) is 1.78. The van der Waals surface area contributed by atoms with E-state index in [-0.39, 0.29) is 5.92 Å². The maximum atomic E-state index is 11.6. The third kappa shape index (κ3) is 4.72. The van der Waals surface area contributed by atoms with Crippen LogP contribution in [0.2, 0.25) is 0 Å². The highest BCUT2D eigenvalue weighted by Crippen LogP contribution is 2.23. The average molecular weight is 279 g/mol. The average Bonchev–Trinajstić information content (AvgIpc) is 2.27. The summed E-state index contributed by atoms with van der Waals surface area (Å²) in [6, 6.07) is 1.89. The van der Waals surface area contributed by atoms with Crippen molar-refractivity contribution in [2.24, 2.45) is 0 Å². The van der Waals surface area contributed by atoms with Crippen molar-refractivity contribution in [3.8, 4) is 0 Å². The van der Waals surface area contributed by atoms with E-state index in [1.807, 2.05) is 47.6 Å². The van der Waals surface area contributed by atoms with E-state index in [4.69, 9.17) is 10.5 Å². The van der Waals surface area contributed by atoms with Crippen molar-refractivity contribution in [2.75, 3.05) is 5.73 Å². The van der Waals surface area contributed by atoms with Crippen molar-refractivity contribution >= 4 is 11.8 Å². The minimum atomic E-state index is -0.502. The number of amides is 1. The van der Waals surface area contributed by atoms with Crippen LogP contribution in [0.25, 0.3) is 0 Å². The molecule has 0 saturated heterocycles. The van der Waals surface area contributed by atoms with E-state index < -0.39 is 11.7 Å². The van der Waals surface area contributed by atoms with Crippen LogP contribution in [0.1, 0.15) is 57.5 Å². The van der Waals surface area contributed by atoms with Gasteiger partial charge in [-0.2, -0.15) is 0 Å². The number of hydrogen-bond acceptors (Lipinski definition) is 4.